The molecule has 0 aliphatic heterocycles. The van der Waals surface area contributed by atoms with Gasteiger partial charge in [0.05, 0.1) is 12.3 Å². The van der Waals surface area contributed by atoms with Crippen LogP contribution in [0.4, 0.5) is 5.69 Å². The van der Waals surface area contributed by atoms with E-state index in [0.717, 1.165) is 0 Å². The summed E-state index contributed by atoms with van der Waals surface area (Å²) in [7, 11) is 0. The molecule has 1 aromatic rings. The van der Waals surface area contributed by atoms with Gasteiger partial charge in [-0.3, -0.25) is 4.79 Å². The van der Waals surface area contributed by atoms with Gasteiger partial charge < -0.3 is 15.2 Å². The third-order valence-electron chi connectivity index (χ3n) is 1.68. The predicted molar refractivity (Wildman–Crippen MR) is 58.6 cm³/mol. The Morgan fingerprint density at radius 2 is 2.33 bits per heavy atom. The summed E-state index contributed by atoms with van der Waals surface area (Å²) in [5.74, 6) is 0.00143. The molecule has 0 bridgehead atoms. The number of ether oxygens (including phenoxy) is 1. The number of amides is 1. The van der Waals surface area contributed by atoms with E-state index in [9.17, 15) is 9.90 Å². The van der Waals surface area contributed by atoms with Crippen molar-refractivity contribution in [2.45, 2.75) is 6.92 Å². The van der Waals surface area contributed by atoms with Gasteiger partial charge in [0.2, 0.25) is 5.91 Å². The highest BCUT2D eigenvalue weighted by atomic mass is 35.5. The van der Waals surface area contributed by atoms with Gasteiger partial charge in [0, 0.05) is 6.07 Å². The molecule has 0 fully saturated rings. The standard InChI is InChI=1S/C10H12ClNO3/c1-2-15-7-3-4-8(9(13)5-7)12-10(14)6-11/h3-5,13H,2,6H2,1H3,(H,12,14). The molecular weight excluding hydrogens is 218 g/mol. The molecule has 1 rings (SSSR count). The van der Waals surface area contributed by atoms with E-state index in [1.165, 1.54) is 6.07 Å². The van der Waals surface area contributed by atoms with Crippen molar-refractivity contribution in [1.29, 1.82) is 0 Å². The van der Waals surface area contributed by atoms with Crippen LogP contribution < -0.4 is 10.1 Å². The molecule has 0 aliphatic carbocycles. The summed E-state index contributed by atoms with van der Waals surface area (Å²) < 4.78 is 5.17. The molecule has 0 spiro atoms. The summed E-state index contributed by atoms with van der Waals surface area (Å²) in [6, 6.07) is 4.66. The minimum atomic E-state index is -0.365. The smallest absolute Gasteiger partial charge is 0.239 e. The molecule has 0 heterocycles. The Kier molecular flexibility index (Phi) is 4.24. The van der Waals surface area contributed by atoms with Gasteiger partial charge >= 0.3 is 0 Å². The number of alkyl halides is 1. The zero-order chi connectivity index (χ0) is 11.3. The number of hydrogen-bond donors (Lipinski definition) is 2. The fraction of sp³-hybridized carbons (Fsp3) is 0.300. The molecule has 15 heavy (non-hydrogen) atoms. The van der Waals surface area contributed by atoms with E-state index in [4.69, 9.17) is 16.3 Å². The molecule has 0 unspecified atom stereocenters. The van der Waals surface area contributed by atoms with Crippen molar-refractivity contribution in [3.63, 3.8) is 0 Å². The van der Waals surface area contributed by atoms with Crippen LogP contribution in [0.25, 0.3) is 0 Å². The van der Waals surface area contributed by atoms with Crippen molar-refractivity contribution in [3.05, 3.63) is 18.2 Å². The number of anilines is 1. The first kappa shape index (κ1) is 11.7. The van der Waals surface area contributed by atoms with Crippen LogP contribution in [0.5, 0.6) is 11.5 Å². The Labute approximate surface area is 92.8 Å². The first-order valence-corrected chi connectivity index (χ1v) is 5.02. The van der Waals surface area contributed by atoms with Crippen LogP contribution in [0.2, 0.25) is 0 Å². The van der Waals surface area contributed by atoms with Crippen molar-refractivity contribution >= 4 is 23.2 Å². The van der Waals surface area contributed by atoms with Gasteiger partial charge in [-0.05, 0) is 19.1 Å². The highest BCUT2D eigenvalue weighted by molar-refractivity contribution is 6.29. The number of nitrogens with one attached hydrogen (secondary N) is 1. The van der Waals surface area contributed by atoms with Crippen molar-refractivity contribution in [2.75, 3.05) is 17.8 Å². The minimum absolute atomic E-state index is 0.0422. The molecule has 0 aromatic heterocycles. The van der Waals surface area contributed by atoms with Crippen molar-refractivity contribution in [3.8, 4) is 11.5 Å². The Hall–Kier alpha value is -1.42. The first-order valence-electron chi connectivity index (χ1n) is 4.49. The van der Waals surface area contributed by atoms with Crippen molar-refractivity contribution < 1.29 is 14.6 Å². The third kappa shape index (κ3) is 3.32. The second-order valence-corrected chi connectivity index (χ2v) is 3.06. The van der Waals surface area contributed by atoms with E-state index >= 15 is 0 Å². The van der Waals surface area contributed by atoms with Crippen LogP contribution >= 0.6 is 11.6 Å². The van der Waals surface area contributed by atoms with Crippen molar-refractivity contribution in [2.24, 2.45) is 0 Å². The summed E-state index contributed by atoms with van der Waals surface area (Å²) in [6.07, 6.45) is 0. The number of carbonyl (C=O) groups excluding carboxylic acids is 1. The number of phenols is 1. The Balaban J connectivity index is 2.78. The SMILES string of the molecule is CCOc1ccc(NC(=O)CCl)c(O)c1. The summed E-state index contributed by atoms with van der Waals surface area (Å²) in [5.41, 5.74) is 0.323. The average Bonchev–Trinajstić information content (AvgIpc) is 2.22. The second kappa shape index (κ2) is 5.46. The molecule has 1 aromatic carbocycles. The minimum Gasteiger partial charge on any atom is -0.506 e. The van der Waals surface area contributed by atoms with Crippen LogP contribution in [0, 0.1) is 0 Å². The number of carbonyl (C=O) groups is 1. The number of halogens is 1. The highest BCUT2D eigenvalue weighted by Gasteiger charge is 2.06. The Morgan fingerprint density at radius 3 is 2.87 bits per heavy atom. The molecule has 5 heteroatoms. The number of hydrogen-bond acceptors (Lipinski definition) is 3. The zero-order valence-electron chi connectivity index (χ0n) is 8.29. The molecule has 0 saturated heterocycles. The topological polar surface area (TPSA) is 58.6 Å². The van der Waals surface area contributed by atoms with E-state index in [1.807, 2.05) is 6.92 Å². The maximum atomic E-state index is 11.0. The lowest BCUT2D eigenvalue weighted by Gasteiger charge is -2.08. The number of benzene rings is 1. The number of phenolic OH excluding ortho intramolecular Hbond substituents is 1. The molecule has 82 valence electrons. The van der Waals surface area contributed by atoms with Crippen molar-refractivity contribution in [1.82, 2.24) is 0 Å². The molecule has 0 aliphatic rings. The Bertz CT molecular complexity index is 355. The quantitative estimate of drug-likeness (QED) is 0.613. The highest BCUT2D eigenvalue weighted by Crippen LogP contribution is 2.27. The van der Waals surface area contributed by atoms with Gasteiger partial charge in [-0.25, -0.2) is 0 Å². The first-order chi connectivity index (χ1) is 7.17. The maximum Gasteiger partial charge on any atom is 0.239 e. The van der Waals surface area contributed by atoms with Crippen LogP contribution in [0.1, 0.15) is 6.92 Å². The third-order valence-corrected chi connectivity index (χ3v) is 1.92. The molecule has 2 N–H and O–H groups in total. The van der Waals surface area contributed by atoms with Gasteiger partial charge in [-0.15, -0.1) is 11.6 Å². The van der Waals surface area contributed by atoms with E-state index in [-0.39, 0.29) is 17.5 Å². The van der Waals surface area contributed by atoms with Crippen LogP contribution in [0.15, 0.2) is 18.2 Å². The normalized spacial score (nSPS) is 9.73. The van der Waals surface area contributed by atoms with E-state index in [0.29, 0.717) is 18.0 Å². The van der Waals surface area contributed by atoms with E-state index in [2.05, 4.69) is 5.32 Å². The van der Waals surface area contributed by atoms with Crippen LogP contribution in [0.3, 0.4) is 0 Å². The fourth-order valence-corrected chi connectivity index (χ4v) is 1.12. The monoisotopic (exact) mass is 229 g/mol. The zero-order valence-corrected chi connectivity index (χ0v) is 9.04. The molecule has 0 atom stereocenters. The lowest BCUT2D eigenvalue weighted by molar-refractivity contribution is -0.113. The summed E-state index contributed by atoms with van der Waals surface area (Å²) in [4.78, 5) is 11.0. The molecular formula is C10H12ClNO3. The van der Waals surface area contributed by atoms with Gasteiger partial charge in [-0.2, -0.15) is 0 Å². The second-order valence-electron chi connectivity index (χ2n) is 2.79. The number of aromatic hydroxyl groups is 1. The van der Waals surface area contributed by atoms with Gasteiger partial charge in [0.1, 0.15) is 17.4 Å². The van der Waals surface area contributed by atoms with E-state index < -0.39 is 0 Å². The molecule has 1 amide bonds. The molecule has 0 saturated carbocycles. The lowest BCUT2D eigenvalue weighted by Crippen LogP contribution is -2.12. The maximum absolute atomic E-state index is 11.0. The summed E-state index contributed by atoms with van der Waals surface area (Å²) in [6.45, 7) is 2.37. The molecule has 0 radical (unpaired) electrons. The summed E-state index contributed by atoms with van der Waals surface area (Å²) in [5, 5.41) is 12.0. The van der Waals surface area contributed by atoms with Gasteiger partial charge in [-0.1, -0.05) is 0 Å². The Morgan fingerprint density at radius 1 is 1.60 bits per heavy atom. The van der Waals surface area contributed by atoms with Crippen LogP contribution in [-0.4, -0.2) is 23.5 Å². The van der Waals surface area contributed by atoms with Gasteiger partial charge in [0.15, 0.2) is 0 Å². The van der Waals surface area contributed by atoms with Gasteiger partial charge in [0.25, 0.3) is 0 Å². The largest absolute Gasteiger partial charge is 0.506 e. The summed E-state index contributed by atoms with van der Waals surface area (Å²) >= 11 is 5.32. The van der Waals surface area contributed by atoms with E-state index in [1.54, 1.807) is 12.1 Å². The molecule has 4 nitrogen and oxygen atoms in total. The van der Waals surface area contributed by atoms with Crippen LogP contribution in [-0.2, 0) is 4.79 Å². The number of rotatable bonds is 4. The average molecular weight is 230 g/mol. The fourth-order valence-electron chi connectivity index (χ4n) is 1.06. The predicted octanol–water partition coefficient (Wildman–Crippen LogP) is 1.97. The lowest BCUT2D eigenvalue weighted by atomic mass is 10.2.